The lowest BCUT2D eigenvalue weighted by Gasteiger charge is -2.35. The number of hydrogen-bond acceptors (Lipinski definition) is 5. The van der Waals surface area contributed by atoms with E-state index in [2.05, 4.69) is 40.2 Å². The zero-order valence-electron chi connectivity index (χ0n) is 18.8. The highest BCUT2D eigenvalue weighted by molar-refractivity contribution is 5.94. The molecular weight excluding hydrogens is 400 g/mol. The SMILES string of the molecule is CCOc1ccc(N(CCC#N)C(=O)CN2CCN(C/C=C/c3ccccc3)CC2)cc1. The van der Waals surface area contributed by atoms with Gasteiger partial charge in [-0.25, -0.2) is 0 Å². The molecule has 0 aliphatic carbocycles. The Morgan fingerprint density at radius 3 is 2.41 bits per heavy atom. The average Bonchev–Trinajstić information content (AvgIpc) is 2.82. The van der Waals surface area contributed by atoms with Crippen molar-refractivity contribution in [3.63, 3.8) is 0 Å². The number of carbonyl (C=O) groups excluding carboxylic acids is 1. The molecule has 2 aromatic rings. The fourth-order valence-corrected chi connectivity index (χ4v) is 3.76. The number of hydrogen-bond donors (Lipinski definition) is 0. The van der Waals surface area contributed by atoms with Gasteiger partial charge in [-0.15, -0.1) is 0 Å². The van der Waals surface area contributed by atoms with Crippen molar-refractivity contribution in [1.29, 1.82) is 5.26 Å². The molecule has 0 unspecified atom stereocenters. The molecule has 1 aliphatic heterocycles. The van der Waals surface area contributed by atoms with Crippen molar-refractivity contribution in [2.45, 2.75) is 13.3 Å². The highest BCUT2D eigenvalue weighted by Crippen LogP contribution is 2.20. The van der Waals surface area contributed by atoms with E-state index in [0.717, 1.165) is 44.2 Å². The first-order valence-electron chi connectivity index (χ1n) is 11.3. The van der Waals surface area contributed by atoms with Gasteiger partial charge in [-0.1, -0.05) is 42.5 Å². The van der Waals surface area contributed by atoms with Gasteiger partial charge < -0.3 is 9.64 Å². The first-order chi connectivity index (χ1) is 15.7. The number of anilines is 1. The molecule has 0 aromatic heterocycles. The Morgan fingerprint density at radius 2 is 1.75 bits per heavy atom. The van der Waals surface area contributed by atoms with Crippen molar-refractivity contribution in [2.75, 3.05) is 57.3 Å². The third-order valence-electron chi connectivity index (χ3n) is 5.50. The van der Waals surface area contributed by atoms with E-state index in [1.165, 1.54) is 5.56 Å². The molecule has 2 aromatic carbocycles. The summed E-state index contributed by atoms with van der Waals surface area (Å²) in [5.74, 6) is 0.809. The molecule has 0 atom stereocenters. The molecule has 1 saturated heterocycles. The molecule has 0 N–H and O–H groups in total. The van der Waals surface area contributed by atoms with Crippen LogP contribution in [-0.4, -0.2) is 68.1 Å². The predicted octanol–water partition coefficient (Wildman–Crippen LogP) is 3.66. The van der Waals surface area contributed by atoms with Crippen LogP contribution in [0.15, 0.2) is 60.7 Å². The van der Waals surface area contributed by atoms with Gasteiger partial charge in [0.05, 0.1) is 25.6 Å². The van der Waals surface area contributed by atoms with Crippen molar-refractivity contribution in [3.8, 4) is 11.8 Å². The molecule has 6 nitrogen and oxygen atoms in total. The van der Waals surface area contributed by atoms with Crippen LogP contribution in [0, 0.1) is 11.3 Å². The minimum Gasteiger partial charge on any atom is -0.494 e. The summed E-state index contributed by atoms with van der Waals surface area (Å²) in [6.07, 6.45) is 4.66. The normalized spacial score (nSPS) is 14.9. The monoisotopic (exact) mass is 432 g/mol. The van der Waals surface area contributed by atoms with Crippen LogP contribution in [0.4, 0.5) is 5.69 Å². The fraction of sp³-hybridized carbons (Fsp3) is 0.385. The lowest BCUT2D eigenvalue weighted by molar-refractivity contribution is -0.120. The number of nitriles is 1. The summed E-state index contributed by atoms with van der Waals surface area (Å²) in [5, 5.41) is 9.02. The van der Waals surface area contributed by atoms with Gasteiger partial charge in [0.1, 0.15) is 5.75 Å². The van der Waals surface area contributed by atoms with Crippen LogP contribution in [0.3, 0.4) is 0 Å². The van der Waals surface area contributed by atoms with Gasteiger partial charge in [-0.2, -0.15) is 5.26 Å². The topological polar surface area (TPSA) is 59.8 Å². The molecule has 3 rings (SSSR count). The average molecular weight is 433 g/mol. The largest absolute Gasteiger partial charge is 0.494 e. The Morgan fingerprint density at radius 1 is 1.06 bits per heavy atom. The summed E-state index contributed by atoms with van der Waals surface area (Å²) in [6.45, 7) is 7.82. The highest BCUT2D eigenvalue weighted by atomic mass is 16.5. The van der Waals surface area contributed by atoms with Gasteiger partial charge in [0.25, 0.3) is 0 Å². The van der Waals surface area contributed by atoms with Gasteiger partial charge >= 0.3 is 0 Å². The third-order valence-corrected chi connectivity index (χ3v) is 5.50. The van der Waals surface area contributed by atoms with E-state index in [-0.39, 0.29) is 5.91 Å². The van der Waals surface area contributed by atoms with E-state index >= 15 is 0 Å². The lowest BCUT2D eigenvalue weighted by atomic mass is 10.2. The number of rotatable bonds is 10. The van der Waals surface area contributed by atoms with E-state index in [1.54, 1.807) is 4.90 Å². The molecule has 0 saturated carbocycles. The van der Waals surface area contributed by atoms with Crippen LogP contribution in [-0.2, 0) is 4.79 Å². The maximum Gasteiger partial charge on any atom is 0.241 e. The number of ether oxygens (including phenoxy) is 1. The molecule has 0 radical (unpaired) electrons. The zero-order valence-corrected chi connectivity index (χ0v) is 18.8. The summed E-state index contributed by atoms with van der Waals surface area (Å²) < 4.78 is 5.49. The molecule has 0 bridgehead atoms. The summed E-state index contributed by atoms with van der Waals surface area (Å²) in [6, 6.07) is 20.0. The molecule has 0 spiro atoms. The molecule has 32 heavy (non-hydrogen) atoms. The second-order valence-electron chi connectivity index (χ2n) is 7.77. The van der Waals surface area contributed by atoms with Crippen molar-refractivity contribution >= 4 is 17.7 Å². The van der Waals surface area contributed by atoms with Gasteiger partial charge in [0.15, 0.2) is 0 Å². The second kappa shape index (κ2) is 12.7. The second-order valence-corrected chi connectivity index (χ2v) is 7.77. The van der Waals surface area contributed by atoms with E-state index in [4.69, 9.17) is 10.00 Å². The molecule has 6 heteroatoms. The Balaban J connectivity index is 1.50. The molecule has 1 aliphatic rings. The molecular formula is C26H32N4O2. The van der Waals surface area contributed by atoms with Crippen molar-refractivity contribution in [2.24, 2.45) is 0 Å². The number of piperazine rings is 1. The first kappa shape index (κ1) is 23.5. The van der Waals surface area contributed by atoms with Crippen molar-refractivity contribution in [1.82, 2.24) is 9.80 Å². The van der Waals surface area contributed by atoms with Crippen molar-refractivity contribution < 1.29 is 9.53 Å². The van der Waals surface area contributed by atoms with Crippen molar-refractivity contribution in [3.05, 3.63) is 66.2 Å². The molecule has 1 amide bonds. The van der Waals surface area contributed by atoms with Crippen LogP contribution in [0.2, 0.25) is 0 Å². The van der Waals surface area contributed by atoms with Crippen LogP contribution in [0.5, 0.6) is 5.75 Å². The quantitative estimate of drug-likeness (QED) is 0.573. The highest BCUT2D eigenvalue weighted by Gasteiger charge is 2.22. The van der Waals surface area contributed by atoms with E-state index in [9.17, 15) is 4.79 Å². The maximum absolute atomic E-state index is 13.1. The van der Waals surface area contributed by atoms with Gasteiger partial charge in [0, 0.05) is 45.0 Å². The fourth-order valence-electron chi connectivity index (χ4n) is 3.76. The lowest BCUT2D eigenvalue weighted by Crippen LogP contribution is -2.50. The van der Waals surface area contributed by atoms with Crippen LogP contribution in [0.1, 0.15) is 18.9 Å². The minimum absolute atomic E-state index is 0.0295. The van der Waals surface area contributed by atoms with E-state index < -0.39 is 0 Å². The van der Waals surface area contributed by atoms with Crippen LogP contribution in [0.25, 0.3) is 6.08 Å². The van der Waals surface area contributed by atoms with Gasteiger partial charge in [-0.3, -0.25) is 14.6 Å². The summed E-state index contributed by atoms with van der Waals surface area (Å²) in [5.41, 5.74) is 2.02. The number of carbonyl (C=O) groups is 1. The molecule has 1 fully saturated rings. The summed E-state index contributed by atoms with van der Waals surface area (Å²) in [7, 11) is 0. The zero-order chi connectivity index (χ0) is 22.6. The van der Waals surface area contributed by atoms with Gasteiger partial charge in [0.2, 0.25) is 5.91 Å². The van der Waals surface area contributed by atoms with Crippen LogP contribution >= 0.6 is 0 Å². The summed E-state index contributed by atoms with van der Waals surface area (Å²) >= 11 is 0. The van der Waals surface area contributed by atoms with E-state index in [0.29, 0.717) is 26.1 Å². The van der Waals surface area contributed by atoms with Gasteiger partial charge in [-0.05, 0) is 36.8 Å². The molecule has 1 heterocycles. The third kappa shape index (κ3) is 7.23. The van der Waals surface area contributed by atoms with E-state index in [1.807, 2.05) is 49.4 Å². The first-order valence-corrected chi connectivity index (χ1v) is 11.3. The smallest absolute Gasteiger partial charge is 0.241 e. The predicted molar refractivity (Wildman–Crippen MR) is 129 cm³/mol. The standard InChI is InChI=1S/C26H32N4O2/c1-2-32-25-13-11-24(12-14-25)30(17-7-15-27)26(31)22-29-20-18-28(19-21-29)16-6-10-23-8-4-3-5-9-23/h3-6,8-14H,2,7,16-22H2,1H3/b10-6+. The Labute approximate surface area is 191 Å². The number of benzene rings is 2. The maximum atomic E-state index is 13.1. The Bertz CT molecular complexity index is 898. The Kier molecular flexibility index (Phi) is 9.30. The number of nitrogens with zero attached hydrogens (tertiary/aromatic N) is 4. The summed E-state index contributed by atoms with van der Waals surface area (Å²) in [4.78, 5) is 19.4. The number of amides is 1. The van der Waals surface area contributed by atoms with Crippen LogP contribution < -0.4 is 9.64 Å². The minimum atomic E-state index is 0.0295. The molecule has 168 valence electrons. The Hall–Kier alpha value is -3.14.